The largest absolute Gasteiger partial charge is 0.379 e. The predicted octanol–water partition coefficient (Wildman–Crippen LogP) is 4.76. The van der Waals surface area contributed by atoms with Crippen LogP contribution in [-0.2, 0) is 11.3 Å². The highest BCUT2D eigenvalue weighted by Crippen LogP contribution is 2.30. The number of aryl methyl sites for hydroxylation is 1. The van der Waals surface area contributed by atoms with Crippen LogP contribution in [0.5, 0.6) is 0 Å². The molecule has 172 valence electrons. The van der Waals surface area contributed by atoms with Crippen LogP contribution in [0.1, 0.15) is 38.4 Å². The third kappa shape index (κ3) is 5.27. The summed E-state index contributed by atoms with van der Waals surface area (Å²) in [7, 11) is 0. The van der Waals surface area contributed by atoms with Gasteiger partial charge in [0.2, 0.25) is 0 Å². The maximum atomic E-state index is 12.6. The van der Waals surface area contributed by atoms with Crippen molar-refractivity contribution in [1.82, 2.24) is 14.9 Å². The van der Waals surface area contributed by atoms with Crippen LogP contribution in [0, 0.1) is 20.8 Å². The SMILES string of the molecule is Cc1ccccc1-n1c(C)c(Br)c(/C=N\NC(=O)c2ccc(CN3CCOCC3)cc2)c1C. The van der Waals surface area contributed by atoms with E-state index in [1.54, 1.807) is 6.21 Å². The number of aromatic nitrogens is 1. The van der Waals surface area contributed by atoms with Gasteiger partial charge in [0.15, 0.2) is 0 Å². The lowest BCUT2D eigenvalue weighted by atomic mass is 10.1. The highest BCUT2D eigenvalue weighted by molar-refractivity contribution is 9.10. The first-order chi connectivity index (χ1) is 16.0. The lowest BCUT2D eigenvalue weighted by molar-refractivity contribution is 0.0342. The number of carbonyl (C=O) groups is 1. The molecule has 1 aliphatic heterocycles. The number of morpholine rings is 1. The Kier molecular flexibility index (Phi) is 7.42. The van der Waals surface area contributed by atoms with Crippen molar-refractivity contribution in [3.05, 3.63) is 86.6 Å². The van der Waals surface area contributed by atoms with Crippen molar-refractivity contribution in [3.63, 3.8) is 0 Å². The molecule has 2 heterocycles. The van der Waals surface area contributed by atoms with E-state index in [0.717, 1.165) is 60.0 Å². The van der Waals surface area contributed by atoms with Gasteiger partial charge < -0.3 is 9.30 Å². The zero-order valence-electron chi connectivity index (χ0n) is 19.3. The normalized spacial score (nSPS) is 14.7. The van der Waals surface area contributed by atoms with Gasteiger partial charge in [0.05, 0.1) is 19.4 Å². The Balaban J connectivity index is 1.43. The minimum absolute atomic E-state index is 0.229. The number of hydrazone groups is 1. The lowest BCUT2D eigenvalue weighted by Gasteiger charge is -2.26. The summed E-state index contributed by atoms with van der Waals surface area (Å²) in [5, 5.41) is 4.24. The molecule has 1 N–H and O–H groups in total. The Hall–Kier alpha value is -2.74. The van der Waals surface area contributed by atoms with Gasteiger partial charge in [-0.2, -0.15) is 5.10 Å². The number of nitrogens with zero attached hydrogens (tertiary/aromatic N) is 3. The average Bonchev–Trinajstić information content (AvgIpc) is 3.03. The Bertz CT molecular complexity index is 1160. The molecule has 0 bridgehead atoms. The first-order valence-corrected chi connectivity index (χ1v) is 11.9. The van der Waals surface area contributed by atoms with Crippen LogP contribution in [0.15, 0.2) is 58.1 Å². The van der Waals surface area contributed by atoms with E-state index >= 15 is 0 Å². The fourth-order valence-electron chi connectivity index (χ4n) is 4.15. The maximum absolute atomic E-state index is 12.6. The van der Waals surface area contributed by atoms with E-state index in [1.165, 1.54) is 11.1 Å². The van der Waals surface area contributed by atoms with Crippen LogP contribution in [0.25, 0.3) is 5.69 Å². The van der Waals surface area contributed by atoms with Gasteiger partial charge in [-0.15, -0.1) is 0 Å². The van der Waals surface area contributed by atoms with Crippen molar-refractivity contribution in [2.24, 2.45) is 5.10 Å². The second kappa shape index (κ2) is 10.5. The molecule has 1 amide bonds. The summed E-state index contributed by atoms with van der Waals surface area (Å²) in [6.45, 7) is 10.5. The molecule has 1 aliphatic rings. The summed E-state index contributed by atoms with van der Waals surface area (Å²) in [5.41, 5.74) is 9.84. The molecule has 0 atom stereocenters. The number of para-hydroxylation sites is 1. The number of hydrogen-bond acceptors (Lipinski definition) is 4. The van der Waals surface area contributed by atoms with E-state index in [9.17, 15) is 4.79 Å². The van der Waals surface area contributed by atoms with Crippen LogP contribution in [0.3, 0.4) is 0 Å². The van der Waals surface area contributed by atoms with Crippen molar-refractivity contribution in [2.75, 3.05) is 26.3 Å². The van der Waals surface area contributed by atoms with Crippen molar-refractivity contribution >= 4 is 28.1 Å². The summed E-state index contributed by atoms with van der Waals surface area (Å²) < 4.78 is 8.57. The molecule has 1 aromatic heterocycles. The monoisotopic (exact) mass is 508 g/mol. The number of halogens is 1. The van der Waals surface area contributed by atoms with Gasteiger partial charge in [-0.05, 0) is 66.0 Å². The standard InChI is InChI=1S/C26H29BrN4O2/c1-18-6-4-5-7-24(18)31-19(2)23(25(27)20(31)3)16-28-29-26(32)22-10-8-21(9-11-22)17-30-12-14-33-15-13-30/h4-11,16H,12-15,17H2,1-3H3,(H,29,32)/b28-16-. The number of hydrogen-bond donors (Lipinski definition) is 1. The highest BCUT2D eigenvalue weighted by Gasteiger charge is 2.17. The molecular weight excluding hydrogens is 480 g/mol. The molecule has 0 spiro atoms. The molecule has 0 radical (unpaired) electrons. The summed E-state index contributed by atoms with van der Waals surface area (Å²) >= 11 is 3.70. The van der Waals surface area contributed by atoms with Crippen LogP contribution in [0.2, 0.25) is 0 Å². The Morgan fingerprint density at radius 1 is 1.06 bits per heavy atom. The zero-order chi connectivity index (χ0) is 23.4. The Labute approximate surface area is 203 Å². The van der Waals surface area contributed by atoms with E-state index in [0.29, 0.717) is 5.56 Å². The average molecular weight is 509 g/mol. The van der Waals surface area contributed by atoms with Gasteiger partial charge in [0.1, 0.15) is 0 Å². The molecule has 4 rings (SSSR count). The summed E-state index contributed by atoms with van der Waals surface area (Å²) in [6.07, 6.45) is 1.70. The number of benzene rings is 2. The Morgan fingerprint density at radius 3 is 2.45 bits per heavy atom. The number of amides is 1. The molecule has 6 nitrogen and oxygen atoms in total. The Morgan fingerprint density at radius 2 is 1.76 bits per heavy atom. The molecule has 33 heavy (non-hydrogen) atoms. The fourth-order valence-corrected chi connectivity index (χ4v) is 4.72. The van der Waals surface area contributed by atoms with Gasteiger partial charge >= 0.3 is 0 Å². The molecule has 7 heteroatoms. The van der Waals surface area contributed by atoms with Gasteiger partial charge in [0.25, 0.3) is 5.91 Å². The topological polar surface area (TPSA) is 58.9 Å². The molecule has 0 aliphatic carbocycles. The van der Waals surface area contributed by atoms with Gasteiger partial charge in [-0.1, -0.05) is 30.3 Å². The highest BCUT2D eigenvalue weighted by atomic mass is 79.9. The van der Waals surface area contributed by atoms with Gasteiger partial charge in [-0.3, -0.25) is 9.69 Å². The van der Waals surface area contributed by atoms with E-state index in [-0.39, 0.29) is 5.91 Å². The van der Waals surface area contributed by atoms with E-state index in [1.807, 2.05) is 36.4 Å². The zero-order valence-corrected chi connectivity index (χ0v) is 20.9. The first-order valence-electron chi connectivity index (χ1n) is 11.1. The van der Waals surface area contributed by atoms with E-state index < -0.39 is 0 Å². The number of carbonyl (C=O) groups excluding carboxylic acids is 1. The summed E-state index contributed by atoms with van der Waals surface area (Å²) in [4.78, 5) is 14.9. The second-order valence-electron chi connectivity index (χ2n) is 8.30. The summed E-state index contributed by atoms with van der Waals surface area (Å²) in [5.74, 6) is -0.229. The molecule has 1 fully saturated rings. The third-order valence-corrected chi connectivity index (χ3v) is 7.06. The quantitative estimate of drug-likeness (QED) is 0.385. The van der Waals surface area contributed by atoms with Crippen LogP contribution >= 0.6 is 15.9 Å². The number of nitrogens with one attached hydrogen (secondary N) is 1. The van der Waals surface area contributed by atoms with Gasteiger partial charge in [-0.25, -0.2) is 5.43 Å². The minimum atomic E-state index is -0.229. The fraction of sp³-hybridized carbons (Fsp3) is 0.308. The maximum Gasteiger partial charge on any atom is 0.271 e. The molecule has 0 saturated carbocycles. The lowest BCUT2D eigenvalue weighted by Crippen LogP contribution is -2.35. The number of ether oxygens (including phenoxy) is 1. The van der Waals surface area contributed by atoms with Crippen molar-refractivity contribution in [3.8, 4) is 5.69 Å². The van der Waals surface area contributed by atoms with Crippen LogP contribution in [0.4, 0.5) is 0 Å². The minimum Gasteiger partial charge on any atom is -0.379 e. The second-order valence-corrected chi connectivity index (χ2v) is 9.10. The molecule has 1 saturated heterocycles. The molecule has 3 aromatic rings. The smallest absolute Gasteiger partial charge is 0.271 e. The van der Waals surface area contributed by atoms with Crippen LogP contribution in [-0.4, -0.2) is 47.9 Å². The predicted molar refractivity (Wildman–Crippen MR) is 135 cm³/mol. The molecule has 0 unspecified atom stereocenters. The van der Waals surface area contributed by atoms with Gasteiger partial charge in [0, 0.05) is 52.3 Å². The summed E-state index contributed by atoms with van der Waals surface area (Å²) in [6, 6.07) is 16.0. The number of rotatable bonds is 6. The van der Waals surface area contributed by atoms with Crippen LogP contribution < -0.4 is 5.43 Å². The first kappa shape index (κ1) is 23.4. The van der Waals surface area contributed by atoms with Crippen molar-refractivity contribution in [2.45, 2.75) is 27.3 Å². The van der Waals surface area contributed by atoms with Crippen molar-refractivity contribution in [1.29, 1.82) is 0 Å². The molecular formula is C26H29BrN4O2. The van der Waals surface area contributed by atoms with Crippen molar-refractivity contribution < 1.29 is 9.53 Å². The molecule has 2 aromatic carbocycles. The van der Waals surface area contributed by atoms with E-state index in [2.05, 4.69) is 68.8 Å². The third-order valence-electron chi connectivity index (χ3n) is 6.06. The van der Waals surface area contributed by atoms with E-state index in [4.69, 9.17) is 4.74 Å².